The maximum absolute atomic E-state index is 12.1. The quantitative estimate of drug-likeness (QED) is 0.779. The number of nitrogens with zero attached hydrogens (tertiary/aromatic N) is 2. The number of rotatable bonds is 4. The van der Waals surface area contributed by atoms with E-state index in [1.165, 1.54) is 11.1 Å². The number of pyridine rings is 1. The Morgan fingerprint density at radius 3 is 2.56 bits per heavy atom. The van der Waals surface area contributed by atoms with Crippen LogP contribution in [0.2, 0.25) is 0 Å². The molecule has 0 aliphatic carbocycles. The molecule has 0 fully saturated rings. The Balaban J connectivity index is 2.94. The molecule has 0 aliphatic heterocycles. The molecule has 0 aromatic carbocycles. The van der Waals surface area contributed by atoms with Crippen molar-refractivity contribution < 1.29 is 9.90 Å². The summed E-state index contributed by atoms with van der Waals surface area (Å²) < 4.78 is 0. The highest BCUT2D eigenvalue weighted by Crippen LogP contribution is 2.14. The number of hydrogen-bond acceptors (Lipinski definition) is 4. The van der Waals surface area contributed by atoms with E-state index in [1.807, 2.05) is 0 Å². The lowest BCUT2D eigenvalue weighted by Gasteiger charge is -2.33. The molecule has 0 spiro atoms. The Bertz CT molecular complexity index is 457. The van der Waals surface area contributed by atoms with E-state index in [2.05, 4.69) is 4.98 Å². The van der Waals surface area contributed by atoms with Gasteiger partial charge in [0.25, 0.3) is 5.91 Å². The predicted molar refractivity (Wildman–Crippen MR) is 73.4 cm³/mol. The first-order valence-corrected chi connectivity index (χ1v) is 5.85. The summed E-state index contributed by atoms with van der Waals surface area (Å²) in [6.45, 7) is 3.42. The fraction of sp³-hybridized carbons (Fsp3) is 0.417. The molecule has 1 amide bonds. The maximum atomic E-state index is 12.1. The lowest BCUT2D eigenvalue weighted by Crippen LogP contribution is -2.47. The van der Waals surface area contributed by atoms with E-state index in [0.29, 0.717) is 11.3 Å². The van der Waals surface area contributed by atoms with Gasteiger partial charge < -0.3 is 15.7 Å². The molecule has 1 rings (SSSR count). The Kier molecular flexibility index (Phi) is 4.37. The lowest BCUT2D eigenvalue weighted by atomic mass is 10.0. The zero-order valence-corrected chi connectivity index (χ0v) is 11.5. The van der Waals surface area contributed by atoms with E-state index in [4.69, 9.17) is 18.0 Å². The van der Waals surface area contributed by atoms with Gasteiger partial charge in [0, 0.05) is 18.8 Å². The largest absolute Gasteiger partial charge is 0.394 e. The van der Waals surface area contributed by atoms with E-state index in [0.717, 1.165) is 0 Å². The molecule has 0 saturated carbocycles. The van der Waals surface area contributed by atoms with E-state index >= 15 is 0 Å². The van der Waals surface area contributed by atoms with Gasteiger partial charge in [-0.1, -0.05) is 12.2 Å². The van der Waals surface area contributed by atoms with Crippen molar-refractivity contribution in [2.75, 3.05) is 13.7 Å². The third kappa shape index (κ3) is 3.02. The van der Waals surface area contributed by atoms with Crippen molar-refractivity contribution in [3.8, 4) is 0 Å². The molecule has 0 aliphatic rings. The van der Waals surface area contributed by atoms with Crippen molar-refractivity contribution in [2.24, 2.45) is 5.73 Å². The van der Waals surface area contributed by atoms with Gasteiger partial charge in [0.05, 0.1) is 12.1 Å². The van der Waals surface area contributed by atoms with E-state index in [-0.39, 0.29) is 17.5 Å². The highest BCUT2D eigenvalue weighted by Gasteiger charge is 2.28. The van der Waals surface area contributed by atoms with Crippen molar-refractivity contribution >= 4 is 23.1 Å². The summed E-state index contributed by atoms with van der Waals surface area (Å²) in [4.78, 5) is 17.8. The van der Waals surface area contributed by atoms with Crippen molar-refractivity contribution in [2.45, 2.75) is 19.4 Å². The molecule has 0 unspecified atom stereocenters. The van der Waals surface area contributed by atoms with Gasteiger partial charge in [-0.3, -0.25) is 9.78 Å². The van der Waals surface area contributed by atoms with Crippen molar-refractivity contribution in [1.82, 2.24) is 9.88 Å². The molecule has 0 saturated heterocycles. The molecule has 5 nitrogen and oxygen atoms in total. The fourth-order valence-corrected chi connectivity index (χ4v) is 1.34. The minimum atomic E-state index is -0.638. The van der Waals surface area contributed by atoms with Crippen molar-refractivity contribution in [3.63, 3.8) is 0 Å². The zero-order chi connectivity index (χ0) is 13.9. The highest BCUT2D eigenvalue weighted by atomic mass is 32.1. The van der Waals surface area contributed by atoms with Crippen LogP contribution in [0.5, 0.6) is 0 Å². The number of hydrogen-bond donors (Lipinski definition) is 2. The summed E-state index contributed by atoms with van der Waals surface area (Å²) in [5.41, 5.74) is 5.72. The first-order valence-electron chi connectivity index (χ1n) is 5.44. The normalized spacial score (nSPS) is 11.1. The summed E-state index contributed by atoms with van der Waals surface area (Å²) in [6, 6.07) is 3.23. The molecule has 0 atom stereocenters. The van der Waals surface area contributed by atoms with E-state index in [1.54, 1.807) is 33.0 Å². The number of aromatic nitrogens is 1. The summed E-state index contributed by atoms with van der Waals surface area (Å²) >= 11 is 4.81. The monoisotopic (exact) mass is 267 g/mol. The Labute approximate surface area is 112 Å². The van der Waals surface area contributed by atoms with Gasteiger partial charge in [-0.2, -0.15) is 0 Å². The maximum Gasteiger partial charge on any atom is 0.272 e. The van der Waals surface area contributed by atoms with Gasteiger partial charge in [0.15, 0.2) is 0 Å². The van der Waals surface area contributed by atoms with Gasteiger partial charge in [-0.25, -0.2) is 0 Å². The van der Waals surface area contributed by atoms with Gasteiger partial charge in [0.2, 0.25) is 0 Å². The molecule has 0 radical (unpaired) electrons. The zero-order valence-electron chi connectivity index (χ0n) is 10.7. The SMILES string of the molecule is CN(C(=O)c1ccc(C(N)=S)cn1)C(C)(C)CO. The van der Waals surface area contributed by atoms with Crippen LogP contribution in [0.25, 0.3) is 0 Å². The second kappa shape index (κ2) is 5.41. The fourth-order valence-electron chi connectivity index (χ4n) is 1.22. The molecule has 98 valence electrons. The minimum absolute atomic E-state index is 0.125. The Hall–Kier alpha value is -1.53. The summed E-state index contributed by atoms with van der Waals surface area (Å²) in [5, 5.41) is 9.23. The van der Waals surface area contributed by atoms with Crippen LogP contribution >= 0.6 is 12.2 Å². The summed E-state index contributed by atoms with van der Waals surface area (Å²) in [5.74, 6) is -0.261. The molecule has 18 heavy (non-hydrogen) atoms. The number of carbonyl (C=O) groups excluding carboxylic acids is 1. The summed E-state index contributed by atoms with van der Waals surface area (Å²) in [7, 11) is 1.63. The molecule has 3 N–H and O–H groups in total. The Morgan fingerprint density at radius 2 is 2.17 bits per heavy atom. The first-order chi connectivity index (χ1) is 8.29. The van der Waals surface area contributed by atoms with Gasteiger partial charge in [0.1, 0.15) is 10.7 Å². The van der Waals surface area contributed by atoms with Crippen LogP contribution in [-0.2, 0) is 0 Å². The molecule has 1 aromatic heterocycles. The van der Waals surface area contributed by atoms with Gasteiger partial charge >= 0.3 is 0 Å². The number of aliphatic hydroxyl groups is 1. The third-order valence-corrected chi connectivity index (χ3v) is 3.10. The molecule has 1 aromatic rings. The first kappa shape index (κ1) is 14.5. The smallest absolute Gasteiger partial charge is 0.272 e. The highest BCUT2D eigenvalue weighted by molar-refractivity contribution is 7.80. The average molecular weight is 267 g/mol. The third-order valence-electron chi connectivity index (χ3n) is 2.87. The number of amides is 1. The molecule has 0 bridgehead atoms. The summed E-state index contributed by atoms with van der Waals surface area (Å²) in [6.07, 6.45) is 1.47. The molecular weight excluding hydrogens is 250 g/mol. The van der Waals surface area contributed by atoms with Crippen LogP contribution < -0.4 is 5.73 Å². The number of likely N-dealkylation sites (N-methyl/N-ethyl adjacent to an activating group) is 1. The topological polar surface area (TPSA) is 79.5 Å². The van der Waals surface area contributed by atoms with Crippen LogP contribution in [0.4, 0.5) is 0 Å². The standard InChI is InChI=1S/C12H17N3O2S/c1-12(2,7-16)15(3)11(17)9-5-4-8(6-14-9)10(13)18/h4-6,16H,7H2,1-3H3,(H2,13,18). The average Bonchev–Trinajstić information content (AvgIpc) is 2.37. The predicted octanol–water partition coefficient (Wildman–Crippen LogP) is 0.559. The van der Waals surface area contributed by atoms with Crippen molar-refractivity contribution in [3.05, 3.63) is 29.6 Å². The van der Waals surface area contributed by atoms with Gasteiger partial charge in [-0.15, -0.1) is 0 Å². The number of nitrogens with two attached hydrogens (primary N) is 1. The van der Waals surface area contributed by atoms with Crippen LogP contribution in [0.15, 0.2) is 18.3 Å². The Morgan fingerprint density at radius 1 is 1.56 bits per heavy atom. The van der Waals surface area contributed by atoms with E-state index < -0.39 is 5.54 Å². The number of aliphatic hydroxyl groups excluding tert-OH is 1. The molecule has 1 heterocycles. The van der Waals surface area contributed by atoms with E-state index in [9.17, 15) is 9.90 Å². The van der Waals surface area contributed by atoms with Crippen LogP contribution in [0.3, 0.4) is 0 Å². The number of carbonyl (C=O) groups is 1. The van der Waals surface area contributed by atoms with Crippen molar-refractivity contribution in [1.29, 1.82) is 0 Å². The van der Waals surface area contributed by atoms with Gasteiger partial charge in [-0.05, 0) is 26.0 Å². The second-order valence-corrected chi connectivity index (χ2v) is 5.07. The molecular formula is C12H17N3O2S. The van der Waals surface area contributed by atoms with Crippen LogP contribution in [0, 0.1) is 0 Å². The van der Waals surface area contributed by atoms with Crippen LogP contribution in [-0.4, -0.2) is 45.1 Å². The minimum Gasteiger partial charge on any atom is -0.394 e. The van der Waals surface area contributed by atoms with Crippen LogP contribution in [0.1, 0.15) is 29.9 Å². The second-order valence-electron chi connectivity index (χ2n) is 4.63. The lowest BCUT2D eigenvalue weighted by molar-refractivity contribution is 0.0467. The molecule has 6 heteroatoms. The number of thiocarbonyl (C=S) groups is 1.